The van der Waals surface area contributed by atoms with Crippen LogP contribution in [-0.4, -0.2) is 18.9 Å². The first-order chi connectivity index (χ1) is 9.70. The zero-order valence-electron chi connectivity index (χ0n) is 11.6. The number of hydrogen-bond acceptors (Lipinski definition) is 3. The molecule has 5 nitrogen and oxygen atoms in total. The van der Waals surface area contributed by atoms with Crippen molar-refractivity contribution in [1.29, 1.82) is 0 Å². The minimum absolute atomic E-state index is 0.0226. The summed E-state index contributed by atoms with van der Waals surface area (Å²) in [5, 5.41) is 0. The summed E-state index contributed by atoms with van der Waals surface area (Å²) in [5.74, 6) is 0.194. The first-order valence-corrected chi connectivity index (χ1v) is 6.95. The molecule has 1 aromatic carbocycles. The van der Waals surface area contributed by atoms with Crippen molar-refractivity contribution in [3.05, 3.63) is 29.8 Å². The van der Waals surface area contributed by atoms with E-state index >= 15 is 0 Å². The Hall–Kier alpha value is -2.04. The van der Waals surface area contributed by atoms with Crippen molar-refractivity contribution in [1.82, 2.24) is 10.9 Å². The highest BCUT2D eigenvalue weighted by atomic mass is 16.5. The summed E-state index contributed by atoms with van der Waals surface area (Å²) in [5.41, 5.74) is 5.41. The quantitative estimate of drug-likeness (QED) is 0.830. The lowest BCUT2D eigenvalue weighted by molar-refractivity contribution is -0.126. The summed E-state index contributed by atoms with van der Waals surface area (Å²) < 4.78 is 5.06. The number of rotatable bonds is 3. The van der Waals surface area contributed by atoms with E-state index in [4.69, 9.17) is 4.74 Å². The lowest BCUT2D eigenvalue weighted by Crippen LogP contribution is -2.44. The van der Waals surface area contributed by atoms with Crippen LogP contribution in [0, 0.1) is 5.92 Å². The summed E-state index contributed by atoms with van der Waals surface area (Å²) in [6.07, 6.45) is 5.17. The number of carbonyl (C=O) groups is 2. The van der Waals surface area contributed by atoms with Gasteiger partial charge in [0.25, 0.3) is 5.91 Å². The van der Waals surface area contributed by atoms with Crippen LogP contribution in [0.1, 0.15) is 42.5 Å². The smallest absolute Gasteiger partial charge is 0.269 e. The Balaban J connectivity index is 1.86. The van der Waals surface area contributed by atoms with Crippen LogP contribution in [0.3, 0.4) is 0 Å². The Morgan fingerprint density at radius 2 is 1.90 bits per heavy atom. The monoisotopic (exact) mass is 276 g/mol. The molecular formula is C15H20N2O3. The molecule has 1 fully saturated rings. The van der Waals surface area contributed by atoms with Gasteiger partial charge in [-0.2, -0.15) is 0 Å². The number of nitrogens with one attached hydrogen (secondary N) is 2. The molecule has 108 valence electrons. The maximum absolute atomic E-state index is 11.9. The van der Waals surface area contributed by atoms with E-state index in [0.717, 1.165) is 25.7 Å². The van der Waals surface area contributed by atoms with Gasteiger partial charge in [-0.25, -0.2) is 0 Å². The molecule has 0 saturated heterocycles. The zero-order chi connectivity index (χ0) is 14.4. The van der Waals surface area contributed by atoms with Crippen molar-refractivity contribution in [2.24, 2.45) is 5.92 Å². The van der Waals surface area contributed by atoms with Crippen molar-refractivity contribution < 1.29 is 14.3 Å². The van der Waals surface area contributed by atoms with Crippen LogP contribution in [0.15, 0.2) is 24.3 Å². The Morgan fingerprint density at radius 3 is 2.60 bits per heavy atom. The maximum atomic E-state index is 11.9. The first-order valence-electron chi connectivity index (χ1n) is 6.95. The number of hydrazine groups is 1. The van der Waals surface area contributed by atoms with Crippen LogP contribution >= 0.6 is 0 Å². The van der Waals surface area contributed by atoms with E-state index in [2.05, 4.69) is 10.9 Å². The van der Waals surface area contributed by atoms with Gasteiger partial charge in [0.2, 0.25) is 5.91 Å². The molecule has 0 radical (unpaired) electrons. The maximum Gasteiger partial charge on any atom is 0.269 e. The highest BCUT2D eigenvalue weighted by molar-refractivity contribution is 5.95. The molecule has 0 aromatic heterocycles. The molecule has 0 bridgehead atoms. The molecule has 0 spiro atoms. The topological polar surface area (TPSA) is 67.4 Å². The van der Waals surface area contributed by atoms with Crippen LogP contribution in [0.25, 0.3) is 0 Å². The fraction of sp³-hybridized carbons (Fsp3) is 0.467. The summed E-state index contributed by atoms with van der Waals surface area (Å²) >= 11 is 0. The van der Waals surface area contributed by atoms with Gasteiger partial charge < -0.3 is 4.74 Å². The fourth-order valence-corrected chi connectivity index (χ4v) is 2.42. The van der Waals surface area contributed by atoms with Gasteiger partial charge in [0.15, 0.2) is 0 Å². The van der Waals surface area contributed by atoms with Crippen molar-refractivity contribution in [3.63, 3.8) is 0 Å². The third kappa shape index (κ3) is 3.73. The van der Waals surface area contributed by atoms with Crippen molar-refractivity contribution in [2.75, 3.05) is 7.11 Å². The molecule has 2 N–H and O–H groups in total. The van der Waals surface area contributed by atoms with E-state index in [0.29, 0.717) is 11.3 Å². The molecule has 0 unspecified atom stereocenters. The normalized spacial score (nSPS) is 15.4. The van der Waals surface area contributed by atoms with Crippen LogP contribution < -0.4 is 15.6 Å². The molecule has 0 atom stereocenters. The molecule has 0 heterocycles. The van der Waals surface area contributed by atoms with E-state index in [9.17, 15) is 9.59 Å². The van der Waals surface area contributed by atoms with Gasteiger partial charge in [0, 0.05) is 11.5 Å². The minimum atomic E-state index is -0.340. The second-order valence-corrected chi connectivity index (χ2v) is 5.01. The van der Waals surface area contributed by atoms with Crippen LogP contribution in [0.2, 0.25) is 0 Å². The molecule has 1 saturated carbocycles. The van der Waals surface area contributed by atoms with E-state index in [1.54, 1.807) is 31.4 Å². The van der Waals surface area contributed by atoms with Gasteiger partial charge in [-0.3, -0.25) is 20.4 Å². The van der Waals surface area contributed by atoms with Crippen molar-refractivity contribution in [3.8, 4) is 5.75 Å². The number of carbonyl (C=O) groups excluding carboxylic acids is 2. The third-order valence-corrected chi connectivity index (χ3v) is 3.61. The zero-order valence-corrected chi connectivity index (χ0v) is 11.6. The van der Waals surface area contributed by atoms with E-state index in [1.165, 1.54) is 6.42 Å². The number of amides is 2. The molecule has 1 aliphatic rings. The Labute approximate surface area is 118 Å². The van der Waals surface area contributed by atoms with Crippen LogP contribution in [0.5, 0.6) is 5.75 Å². The number of methoxy groups -OCH3 is 1. The number of benzene rings is 1. The van der Waals surface area contributed by atoms with E-state index in [-0.39, 0.29) is 17.7 Å². The lowest BCUT2D eigenvalue weighted by atomic mass is 9.89. The number of ether oxygens (including phenoxy) is 1. The average Bonchev–Trinajstić information content (AvgIpc) is 2.53. The largest absolute Gasteiger partial charge is 0.497 e. The summed E-state index contributed by atoms with van der Waals surface area (Å²) in [6, 6.07) is 6.79. The van der Waals surface area contributed by atoms with E-state index in [1.807, 2.05) is 0 Å². The van der Waals surface area contributed by atoms with Gasteiger partial charge in [-0.15, -0.1) is 0 Å². The van der Waals surface area contributed by atoms with Gasteiger partial charge in [-0.05, 0) is 31.0 Å². The van der Waals surface area contributed by atoms with Gasteiger partial charge >= 0.3 is 0 Å². The molecular weight excluding hydrogens is 256 g/mol. The van der Waals surface area contributed by atoms with Gasteiger partial charge in [-0.1, -0.05) is 25.3 Å². The molecule has 1 aromatic rings. The standard InChI is InChI=1S/C15H20N2O3/c1-20-13-9-5-8-12(10-13)15(19)17-16-14(18)11-6-3-2-4-7-11/h5,8-11H,2-4,6-7H2,1H3,(H,16,18)(H,17,19). The SMILES string of the molecule is COc1cccc(C(=O)NNC(=O)C2CCCCC2)c1. The van der Waals surface area contributed by atoms with Crippen molar-refractivity contribution >= 4 is 11.8 Å². The molecule has 5 heteroatoms. The van der Waals surface area contributed by atoms with Crippen LogP contribution in [0.4, 0.5) is 0 Å². The van der Waals surface area contributed by atoms with Crippen molar-refractivity contribution in [2.45, 2.75) is 32.1 Å². The fourth-order valence-electron chi connectivity index (χ4n) is 2.42. The van der Waals surface area contributed by atoms with Gasteiger partial charge in [0.1, 0.15) is 5.75 Å². The minimum Gasteiger partial charge on any atom is -0.497 e. The second kappa shape index (κ2) is 6.93. The summed E-state index contributed by atoms with van der Waals surface area (Å²) in [6.45, 7) is 0. The second-order valence-electron chi connectivity index (χ2n) is 5.01. The van der Waals surface area contributed by atoms with Crippen LogP contribution in [-0.2, 0) is 4.79 Å². The molecule has 1 aliphatic carbocycles. The molecule has 20 heavy (non-hydrogen) atoms. The third-order valence-electron chi connectivity index (χ3n) is 3.61. The lowest BCUT2D eigenvalue weighted by Gasteiger charge is -2.20. The highest BCUT2D eigenvalue weighted by Gasteiger charge is 2.21. The Kier molecular flexibility index (Phi) is 4.98. The summed E-state index contributed by atoms with van der Waals surface area (Å²) in [4.78, 5) is 23.8. The van der Waals surface area contributed by atoms with E-state index < -0.39 is 0 Å². The summed E-state index contributed by atoms with van der Waals surface area (Å²) in [7, 11) is 1.54. The molecule has 2 amide bonds. The predicted molar refractivity (Wildman–Crippen MR) is 75.2 cm³/mol. The molecule has 0 aliphatic heterocycles. The number of hydrogen-bond donors (Lipinski definition) is 2. The average molecular weight is 276 g/mol. The predicted octanol–water partition coefficient (Wildman–Crippen LogP) is 2.04. The Morgan fingerprint density at radius 1 is 1.15 bits per heavy atom. The van der Waals surface area contributed by atoms with Gasteiger partial charge in [0.05, 0.1) is 7.11 Å². The Bertz CT molecular complexity index is 482. The first kappa shape index (κ1) is 14.4. The highest BCUT2D eigenvalue weighted by Crippen LogP contribution is 2.23. The molecule has 2 rings (SSSR count).